The van der Waals surface area contributed by atoms with Gasteiger partial charge in [-0.3, -0.25) is 13.6 Å². The molecule has 0 amide bonds. The summed E-state index contributed by atoms with van der Waals surface area (Å²) in [4.78, 5) is 0. The second-order valence-electron chi connectivity index (χ2n) is 3.26. The van der Waals surface area contributed by atoms with Gasteiger partial charge in [0, 0.05) is 14.2 Å². The minimum Gasteiger partial charge on any atom is -0.290 e. The normalized spacial score (nSPS) is 29.1. The van der Waals surface area contributed by atoms with Crippen LogP contribution in [0.4, 0.5) is 0 Å². The van der Waals surface area contributed by atoms with E-state index in [1.165, 1.54) is 14.2 Å². The molecule has 0 aromatic carbocycles. The average molecular weight is 243 g/mol. The summed E-state index contributed by atoms with van der Waals surface area (Å²) in [5.74, 6) is 0. The first-order valence-corrected chi connectivity index (χ1v) is 6.55. The lowest BCUT2D eigenvalue weighted by atomic mass is 9.97. The summed E-state index contributed by atoms with van der Waals surface area (Å²) in [6, 6.07) is 0. The third-order valence-electron chi connectivity index (χ3n) is 2.33. The van der Waals surface area contributed by atoms with Gasteiger partial charge in [0.1, 0.15) is 0 Å². The van der Waals surface area contributed by atoms with Crippen LogP contribution in [0.1, 0.15) is 25.7 Å². The van der Waals surface area contributed by atoms with Gasteiger partial charge < -0.3 is 0 Å². The molecule has 4 nitrogen and oxygen atoms in total. The largest absolute Gasteiger partial charge is 0.474 e. The number of phosphoric acid groups is 1. The molecule has 0 bridgehead atoms. The highest BCUT2D eigenvalue weighted by Crippen LogP contribution is 2.50. The number of halogens is 1. The second-order valence-corrected chi connectivity index (χ2v) is 5.65. The highest BCUT2D eigenvalue weighted by molar-refractivity contribution is 7.48. The quantitative estimate of drug-likeness (QED) is 0.562. The van der Waals surface area contributed by atoms with Gasteiger partial charge in [-0.1, -0.05) is 12.8 Å². The lowest BCUT2D eigenvalue weighted by Crippen LogP contribution is -2.27. The van der Waals surface area contributed by atoms with Gasteiger partial charge in [-0.15, -0.1) is 11.6 Å². The molecule has 84 valence electrons. The number of hydrogen-bond donors (Lipinski definition) is 0. The lowest BCUT2D eigenvalue weighted by Gasteiger charge is -2.28. The molecule has 2 atom stereocenters. The van der Waals surface area contributed by atoms with Crippen molar-refractivity contribution in [3.63, 3.8) is 0 Å². The zero-order valence-electron chi connectivity index (χ0n) is 8.44. The third kappa shape index (κ3) is 3.21. The van der Waals surface area contributed by atoms with E-state index in [1.54, 1.807) is 0 Å². The average Bonchev–Trinajstić information content (AvgIpc) is 2.21. The van der Waals surface area contributed by atoms with E-state index in [4.69, 9.17) is 25.2 Å². The standard InChI is InChI=1S/C8H16ClO4P/c1-11-14(10,12-2)13-8-6-4-3-5-7(8)9/h7-8H,3-6H2,1-2H3/t7-,8-/m0/s1. The smallest absolute Gasteiger partial charge is 0.290 e. The maximum absolute atomic E-state index is 11.6. The van der Waals surface area contributed by atoms with Crippen LogP contribution in [-0.2, 0) is 18.1 Å². The van der Waals surface area contributed by atoms with Crippen LogP contribution in [0.25, 0.3) is 0 Å². The summed E-state index contributed by atoms with van der Waals surface area (Å²) >= 11 is 6.05. The van der Waals surface area contributed by atoms with Crippen LogP contribution in [0.3, 0.4) is 0 Å². The Labute approximate surface area is 89.5 Å². The molecule has 0 aliphatic heterocycles. The van der Waals surface area contributed by atoms with Crippen molar-refractivity contribution in [1.82, 2.24) is 0 Å². The molecule has 0 heterocycles. The van der Waals surface area contributed by atoms with Crippen molar-refractivity contribution in [2.45, 2.75) is 37.2 Å². The van der Waals surface area contributed by atoms with Gasteiger partial charge in [0.25, 0.3) is 0 Å². The molecule has 14 heavy (non-hydrogen) atoms. The second kappa shape index (κ2) is 5.47. The van der Waals surface area contributed by atoms with E-state index < -0.39 is 7.82 Å². The van der Waals surface area contributed by atoms with Gasteiger partial charge in [-0.2, -0.15) is 0 Å². The molecule has 1 rings (SSSR count). The predicted molar refractivity (Wildman–Crippen MR) is 54.6 cm³/mol. The summed E-state index contributed by atoms with van der Waals surface area (Å²) < 4.78 is 26.3. The lowest BCUT2D eigenvalue weighted by molar-refractivity contribution is 0.0852. The van der Waals surface area contributed by atoms with Crippen molar-refractivity contribution in [1.29, 1.82) is 0 Å². The molecule has 1 aliphatic carbocycles. The van der Waals surface area contributed by atoms with Crippen molar-refractivity contribution in [2.75, 3.05) is 14.2 Å². The van der Waals surface area contributed by atoms with E-state index in [9.17, 15) is 4.57 Å². The summed E-state index contributed by atoms with van der Waals surface area (Å²) in [5.41, 5.74) is 0. The van der Waals surface area contributed by atoms with Crippen molar-refractivity contribution in [3.05, 3.63) is 0 Å². The van der Waals surface area contributed by atoms with Crippen LogP contribution in [0.5, 0.6) is 0 Å². The van der Waals surface area contributed by atoms with Crippen molar-refractivity contribution >= 4 is 19.4 Å². The van der Waals surface area contributed by atoms with Gasteiger partial charge in [-0.05, 0) is 12.8 Å². The Bertz CT molecular complexity index is 215. The highest BCUT2D eigenvalue weighted by atomic mass is 35.5. The maximum atomic E-state index is 11.6. The molecule has 0 spiro atoms. The van der Waals surface area contributed by atoms with E-state index in [2.05, 4.69) is 0 Å². The number of phosphoric ester groups is 1. The van der Waals surface area contributed by atoms with E-state index in [-0.39, 0.29) is 11.5 Å². The zero-order chi connectivity index (χ0) is 10.6. The first-order valence-electron chi connectivity index (χ1n) is 4.65. The minimum atomic E-state index is -3.37. The van der Waals surface area contributed by atoms with Crippen LogP contribution >= 0.6 is 19.4 Å². The number of rotatable bonds is 4. The van der Waals surface area contributed by atoms with Gasteiger partial charge in [0.15, 0.2) is 0 Å². The SMILES string of the molecule is COP(=O)(OC)O[C@H]1CCCC[C@@H]1Cl. The summed E-state index contributed by atoms with van der Waals surface area (Å²) in [6.45, 7) is 0. The van der Waals surface area contributed by atoms with Crippen LogP contribution in [0.15, 0.2) is 0 Å². The van der Waals surface area contributed by atoms with Gasteiger partial charge >= 0.3 is 7.82 Å². The van der Waals surface area contributed by atoms with E-state index in [1.807, 2.05) is 0 Å². The molecule has 0 radical (unpaired) electrons. The fraction of sp³-hybridized carbons (Fsp3) is 1.00. The van der Waals surface area contributed by atoms with Crippen LogP contribution < -0.4 is 0 Å². The Balaban J connectivity index is 2.52. The molecule has 0 N–H and O–H groups in total. The Kier molecular flexibility index (Phi) is 4.88. The molecular formula is C8H16ClO4P. The predicted octanol–water partition coefficient (Wildman–Crippen LogP) is 2.95. The number of alkyl halides is 1. The van der Waals surface area contributed by atoms with Crippen LogP contribution in [0.2, 0.25) is 0 Å². The fourth-order valence-corrected chi connectivity index (χ4v) is 2.81. The zero-order valence-corrected chi connectivity index (χ0v) is 10.1. The molecule has 6 heteroatoms. The molecule has 1 fully saturated rings. The molecular weight excluding hydrogens is 227 g/mol. The van der Waals surface area contributed by atoms with E-state index in [0.717, 1.165) is 25.7 Å². The molecule has 1 saturated carbocycles. The van der Waals surface area contributed by atoms with Crippen molar-refractivity contribution < 1.29 is 18.1 Å². The molecule has 0 aromatic rings. The summed E-state index contributed by atoms with van der Waals surface area (Å²) in [6.07, 6.45) is 3.61. The van der Waals surface area contributed by atoms with Crippen molar-refractivity contribution in [2.24, 2.45) is 0 Å². The topological polar surface area (TPSA) is 44.8 Å². The Hall–Kier alpha value is 0.400. The van der Waals surface area contributed by atoms with Crippen LogP contribution in [0, 0.1) is 0 Å². The van der Waals surface area contributed by atoms with Gasteiger partial charge in [0.05, 0.1) is 11.5 Å². The number of hydrogen-bond acceptors (Lipinski definition) is 4. The first kappa shape index (κ1) is 12.5. The molecule has 0 unspecified atom stereocenters. The molecule has 0 saturated heterocycles. The van der Waals surface area contributed by atoms with Gasteiger partial charge in [0.2, 0.25) is 0 Å². The Morgan fingerprint density at radius 1 is 1.21 bits per heavy atom. The Morgan fingerprint density at radius 2 is 1.79 bits per heavy atom. The summed E-state index contributed by atoms with van der Waals surface area (Å²) in [7, 11) is -0.768. The first-order chi connectivity index (χ1) is 6.61. The summed E-state index contributed by atoms with van der Waals surface area (Å²) in [5, 5.41) is -0.0950. The van der Waals surface area contributed by atoms with Crippen molar-refractivity contribution in [3.8, 4) is 0 Å². The Morgan fingerprint density at radius 3 is 2.29 bits per heavy atom. The molecule has 0 aromatic heterocycles. The third-order valence-corrected chi connectivity index (χ3v) is 4.26. The van der Waals surface area contributed by atoms with Crippen LogP contribution in [-0.4, -0.2) is 25.7 Å². The maximum Gasteiger partial charge on any atom is 0.474 e. The fourth-order valence-electron chi connectivity index (χ4n) is 1.50. The van der Waals surface area contributed by atoms with E-state index in [0.29, 0.717) is 0 Å². The highest BCUT2D eigenvalue weighted by Gasteiger charge is 2.33. The van der Waals surface area contributed by atoms with E-state index >= 15 is 0 Å². The monoisotopic (exact) mass is 242 g/mol. The molecule has 1 aliphatic rings. The minimum absolute atomic E-state index is 0.0950. The van der Waals surface area contributed by atoms with Gasteiger partial charge in [-0.25, -0.2) is 4.57 Å².